The van der Waals surface area contributed by atoms with Gasteiger partial charge in [-0.15, -0.1) is 0 Å². The Hall–Kier alpha value is -3.74. The summed E-state index contributed by atoms with van der Waals surface area (Å²) in [7, 11) is 0. The minimum absolute atomic E-state index is 0. The largest absolute Gasteiger partial charge is 0.382 e. The van der Waals surface area contributed by atoms with Crippen LogP contribution in [0.1, 0.15) is 38.0 Å². The van der Waals surface area contributed by atoms with Crippen molar-refractivity contribution >= 4 is 23.3 Å². The van der Waals surface area contributed by atoms with Crippen LogP contribution in [0.5, 0.6) is 0 Å². The lowest BCUT2D eigenvalue weighted by Gasteiger charge is -2.15. The second kappa shape index (κ2) is 8.10. The number of aromatic nitrogens is 2. The lowest BCUT2D eigenvalue weighted by atomic mass is 10.1. The highest BCUT2D eigenvalue weighted by atomic mass is 16.2. The number of amides is 2. The Morgan fingerprint density at radius 3 is 2.38 bits per heavy atom. The first-order chi connectivity index (χ1) is 14.1. The van der Waals surface area contributed by atoms with Crippen molar-refractivity contribution in [2.75, 3.05) is 24.1 Å². The zero-order valence-corrected chi connectivity index (χ0v) is 15.8. The fraction of sp³-hybridized carbons (Fsp3) is 0.182. The highest BCUT2D eigenvalue weighted by Crippen LogP contribution is 2.21. The number of carbonyl (C=O) groups excluding carboxylic acids is 2. The molecular formula is C22H27N5O2. The first-order valence-electron chi connectivity index (χ1n) is 9.50. The quantitative estimate of drug-likeness (QED) is 0.699. The van der Waals surface area contributed by atoms with E-state index in [2.05, 4.69) is 15.3 Å². The third-order valence-corrected chi connectivity index (χ3v) is 4.87. The molecular weight excluding hydrogens is 366 g/mol. The van der Waals surface area contributed by atoms with Gasteiger partial charge in [0.1, 0.15) is 0 Å². The van der Waals surface area contributed by atoms with Crippen molar-refractivity contribution in [3.63, 3.8) is 0 Å². The van der Waals surface area contributed by atoms with Crippen LogP contribution in [0.3, 0.4) is 0 Å². The molecule has 7 nitrogen and oxygen atoms in total. The Bertz CT molecular complexity index is 1040. The molecule has 0 radical (unpaired) electrons. The summed E-state index contributed by atoms with van der Waals surface area (Å²) in [5, 5.41) is 2.76. The van der Waals surface area contributed by atoms with Crippen LogP contribution in [0.2, 0.25) is 0 Å². The van der Waals surface area contributed by atoms with Gasteiger partial charge in [0, 0.05) is 34.2 Å². The molecule has 7 heteroatoms. The van der Waals surface area contributed by atoms with E-state index in [1.165, 1.54) is 6.20 Å². The molecule has 0 unspecified atom stereocenters. The van der Waals surface area contributed by atoms with Crippen molar-refractivity contribution in [1.29, 1.82) is 0 Å². The molecule has 2 aromatic carbocycles. The van der Waals surface area contributed by atoms with Crippen LogP contribution in [0.4, 0.5) is 11.5 Å². The predicted molar refractivity (Wildman–Crippen MR) is 118 cm³/mol. The van der Waals surface area contributed by atoms with Crippen LogP contribution in [-0.2, 0) is 0 Å². The number of nitrogens with two attached hydrogens (primary N) is 1. The van der Waals surface area contributed by atoms with Gasteiger partial charge >= 0.3 is 0 Å². The Kier molecular flexibility index (Phi) is 5.20. The van der Waals surface area contributed by atoms with Crippen LogP contribution < -0.4 is 11.1 Å². The van der Waals surface area contributed by atoms with Crippen molar-refractivity contribution in [2.45, 2.75) is 12.8 Å². The van der Waals surface area contributed by atoms with E-state index >= 15 is 0 Å². The molecule has 0 atom stereocenters. The molecule has 3 aromatic rings. The predicted octanol–water partition coefficient (Wildman–Crippen LogP) is 3.95. The zero-order chi connectivity index (χ0) is 20.2. The molecule has 0 bridgehead atoms. The van der Waals surface area contributed by atoms with E-state index in [0.29, 0.717) is 16.9 Å². The molecule has 0 saturated carbocycles. The minimum atomic E-state index is -0.427. The van der Waals surface area contributed by atoms with Gasteiger partial charge < -0.3 is 16.0 Å². The van der Waals surface area contributed by atoms with Crippen molar-refractivity contribution in [3.8, 4) is 11.3 Å². The summed E-state index contributed by atoms with van der Waals surface area (Å²) < 4.78 is 0. The maximum atomic E-state index is 12.6. The van der Waals surface area contributed by atoms with Gasteiger partial charge in [-0.05, 0) is 37.1 Å². The van der Waals surface area contributed by atoms with E-state index in [4.69, 9.17) is 5.73 Å². The maximum Gasteiger partial charge on any atom is 0.278 e. The average Bonchev–Trinajstić information content (AvgIpc) is 3.29. The highest BCUT2D eigenvalue weighted by Gasteiger charge is 2.20. The lowest BCUT2D eigenvalue weighted by Crippen LogP contribution is -2.27. The molecule has 152 valence electrons. The van der Waals surface area contributed by atoms with Gasteiger partial charge in [0.2, 0.25) is 0 Å². The number of nitrogens with zero attached hydrogens (tertiary/aromatic N) is 3. The molecule has 0 spiro atoms. The molecule has 1 aromatic heterocycles. The van der Waals surface area contributed by atoms with E-state index in [0.717, 1.165) is 31.5 Å². The van der Waals surface area contributed by atoms with Gasteiger partial charge in [-0.25, -0.2) is 9.97 Å². The third-order valence-electron chi connectivity index (χ3n) is 4.87. The van der Waals surface area contributed by atoms with Gasteiger partial charge in [0.25, 0.3) is 11.8 Å². The molecule has 2 heterocycles. The van der Waals surface area contributed by atoms with E-state index in [1.807, 2.05) is 35.2 Å². The summed E-state index contributed by atoms with van der Waals surface area (Å²) in [6, 6.07) is 16.2. The second-order valence-electron chi connectivity index (χ2n) is 6.89. The highest BCUT2D eigenvalue weighted by molar-refractivity contribution is 6.06. The summed E-state index contributed by atoms with van der Waals surface area (Å²) in [5.74, 6) is -0.327. The first kappa shape index (κ1) is 18.6. The van der Waals surface area contributed by atoms with Crippen molar-refractivity contribution in [2.24, 2.45) is 0 Å². The van der Waals surface area contributed by atoms with Gasteiger partial charge in [0.05, 0.1) is 11.9 Å². The molecule has 1 aliphatic heterocycles. The second-order valence-corrected chi connectivity index (χ2v) is 6.89. The van der Waals surface area contributed by atoms with Crippen LogP contribution in [0.25, 0.3) is 11.3 Å². The number of likely N-dealkylation sites (tertiary alicyclic amines) is 1. The fourth-order valence-corrected chi connectivity index (χ4v) is 3.30. The van der Waals surface area contributed by atoms with Crippen molar-refractivity contribution < 1.29 is 13.9 Å². The van der Waals surface area contributed by atoms with Gasteiger partial charge in [-0.2, -0.15) is 0 Å². The number of para-hydroxylation sites is 1. The summed E-state index contributed by atoms with van der Waals surface area (Å²) in [6.45, 7) is 1.62. The Morgan fingerprint density at radius 2 is 1.69 bits per heavy atom. The van der Waals surface area contributed by atoms with Crippen LogP contribution in [0, 0.1) is 0 Å². The minimum Gasteiger partial charge on any atom is -0.382 e. The van der Waals surface area contributed by atoms with E-state index in [9.17, 15) is 9.59 Å². The van der Waals surface area contributed by atoms with Crippen molar-refractivity contribution in [3.05, 3.63) is 72.1 Å². The molecule has 29 heavy (non-hydrogen) atoms. The van der Waals surface area contributed by atoms with Crippen LogP contribution in [-0.4, -0.2) is 39.8 Å². The Labute approximate surface area is 173 Å². The monoisotopic (exact) mass is 393 g/mol. The molecule has 2 amide bonds. The number of nitrogens with one attached hydrogen (secondary N) is 1. The van der Waals surface area contributed by atoms with Gasteiger partial charge in [0.15, 0.2) is 11.5 Å². The van der Waals surface area contributed by atoms with Crippen LogP contribution in [0.15, 0.2) is 60.8 Å². The fourth-order valence-electron chi connectivity index (χ4n) is 3.30. The number of hydrogen-bond acceptors (Lipinski definition) is 5. The Balaban J connectivity index is 0.00000171. The number of nitrogen functional groups attached to an aromatic ring is 1. The van der Waals surface area contributed by atoms with Gasteiger partial charge in [-0.3, -0.25) is 9.59 Å². The Morgan fingerprint density at radius 1 is 1.00 bits per heavy atom. The van der Waals surface area contributed by atoms with Crippen molar-refractivity contribution in [1.82, 2.24) is 14.9 Å². The summed E-state index contributed by atoms with van der Waals surface area (Å²) in [5.41, 5.74) is 8.48. The molecule has 1 saturated heterocycles. The van der Waals surface area contributed by atoms with E-state index < -0.39 is 5.91 Å². The van der Waals surface area contributed by atoms with E-state index in [-0.39, 0.29) is 21.7 Å². The SMILES string of the molecule is Nc1ncc(-c2ccc(C(=O)N3CCCC3)cc2)nc1C(=O)Nc1ccccc1.[HH].[HH].[HH]. The van der Waals surface area contributed by atoms with E-state index in [1.54, 1.807) is 24.3 Å². The summed E-state index contributed by atoms with van der Waals surface area (Å²) in [4.78, 5) is 35.4. The third kappa shape index (κ3) is 4.08. The molecule has 0 aliphatic carbocycles. The zero-order valence-electron chi connectivity index (χ0n) is 15.8. The average molecular weight is 393 g/mol. The number of carbonyl (C=O) groups is 2. The summed E-state index contributed by atoms with van der Waals surface area (Å²) in [6.07, 6.45) is 3.63. The molecule has 1 fully saturated rings. The molecule has 3 N–H and O–H groups in total. The maximum absolute atomic E-state index is 12.6. The number of benzene rings is 2. The lowest BCUT2D eigenvalue weighted by molar-refractivity contribution is 0.0792. The number of hydrogen-bond donors (Lipinski definition) is 2. The first-order valence-corrected chi connectivity index (χ1v) is 9.50. The number of anilines is 2. The standard InChI is InChI=1S/C22H21N5O2.3H2/c23-20-19(21(28)25-17-6-2-1-3-7-17)26-18(14-24-20)15-8-10-16(11-9-15)22(29)27-12-4-5-13-27;;;/h1-3,6-11,14H,4-5,12-13H2,(H2,23,24)(H,25,28);3*1H. The molecule has 4 rings (SSSR count). The number of rotatable bonds is 4. The van der Waals surface area contributed by atoms with Gasteiger partial charge in [-0.1, -0.05) is 30.3 Å². The van der Waals surface area contributed by atoms with Crippen LogP contribution >= 0.6 is 0 Å². The smallest absolute Gasteiger partial charge is 0.278 e. The molecule has 1 aliphatic rings. The topological polar surface area (TPSA) is 101 Å². The summed E-state index contributed by atoms with van der Waals surface area (Å²) >= 11 is 0. The normalized spacial score (nSPS) is 13.3.